The topological polar surface area (TPSA) is 71.3 Å². The Labute approximate surface area is 229 Å². The van der Waals surface area contributed by atoms with Crippen molar-refractivity contribution in [3.63, 3.8) is 0 Å². The lowest BCUT2D eigenvalue weighted by Gasteiger charge is -2.33. The van der Waals surface area contributed by atoms with Gasteiger partial charge in [0.25, 0.3) is 11.5 Å². The van der Waals surface area contributed by atoms with Crippen LogP contribution < -0.4 is 5.56 Å². The van der Waals surface area contributed by atoms with Crippen molar-refractivity contribution in [2.24, 2.45) is 0 Å². The van der Waals surface area contributed by atoms with Crippen LogP contribution in [-0.4, -0.2) is 57.4 Å². The number of amides is 1. The molecule has 2 aromatic carbocycles. The van der Waals surface area contributed by atoms with Crippen LogP contribution in [0.4, 0.5) is 0 Å². The minimum absolute atomic E-state index is 0.124. The Morgan fingerprint density at radius 2 is 1.70 bits per heavy atom. The predicted molar refractivity (Wildman–Crippen MR) is 151 cm³/mol. The van der Waals surface area contributed by atoms with E-state index in [1.54, 1.807) is 28.8 Å². The highest BCUT2D eigenvalue weighted by Crippen LogP contribution is 2.27. The van der Waals surface area contributed by atoms with Crippen LogP contribution in [-0.2, 0) is 6.54 Å². The minimum atomic E-state index is -0.460. The molecule has 0 bridgehead atoms. The smallest absolute Gasteiger partial charge is 0.263 e. The van der Waals surface area contributed by atoms with E-state index in [1.165, 1.54) is 0 Å². The van der Waals surface area contributed by atoms with Crippen LogP contribution >= 0.6 is 27.5 Å². The molecule has 192 valence electrons. The van der Waals surface area contributed by atoms with Gasteiger partial charge in [0.1, 0.15) is 11.0 Å². The minimum Gasteiger partial charge on any atom is -0.327 e. The van der Waals surface area contributed by atoms with Crippen LogP contribution in [0.5, 0.6) is 0 Å². The highest BCUT2D eigenvalue weighted by Gasteiger charge is 2.29. The number of rotatable bonds is 9. The normalized spacial score (nSPS) is 12.2. The van der Waals surface area contributed by atoms with E-state index in [-0.39, 0.29) is 22.3 Å². The fourth-order valence-electron chi connectivity index (χ4n) is 4.28. The van der Waals surface area contributed by atoms with Crippen LogP contribution in [0.2, 0.25) is 5.15 Å². The summed E-state index contributed by atoms with van der Waals surface area (Å²) in [6.07, 6.45) is 0.559. The van der Waals surface area contributed by atoms with E-state index in [0.717, 1.165) is 10.0 Å². The van der Waals surface area contributed by atoms with Crippen molar-refractivity contribution in [2.75, 3.05) is 27.2 Å². The van der Waals surface area contributed by atoms with E-state index in [0.29, 0.717) is 42.8 Å². The molecule has 1 atom stereocenters. The third kappa shape index (κ3) is 6.26. The lowest BCUT2D eigenvalue weighted by atomic mass is 10.1. The van der Waals surface area contributed by atoms with E-state index in [2.05, 4.69) is 20.9 Å². The largest absolute Gasteiger partial charge is 0.327 e. The zero-order chi connectivity index (χ0) is 26.5. The van der Waals surface area contributed by atoms with E-state index in [1.807, 2.05) is 73.3 Å². The molecular weight excluding hydrogens is 554 g/mol. The number of benzene rings is 2. The van der Waals surface area contributed by atoms with Gasteiger partial charge in [-0.2, -0.15) is 0 Å². The molecule has 0 fully saturated rings. The summed E-state index contributed by atoms with van der Waals surface area (Å²) >= 11 is 9.60. The summed E-state index contributed by atoms with van der Waals surface area (Å²) in [6, 6.07) is 19.8. The molecule has 0 N–H and O–H groups in total. The van der Waals surface area contributed by atoms with Crippen LogP contribution in [0.25, 0.3) is 11.0 Å². The molecule has 37 heavy (non-hydrogen) atoms. The van der Waals surface area contributed by atoms with Gasteiger partial charge in [-0.05, 0) is 62.5 Å². The van der Waals surface area contributed by atoms with Gasteiger partial charge in [-0.15, -0.1) is 0 Å². The maximum atomic E-state index is 13.9. The highest BCUT2D eigenvalue weighted by molar-refractivity contribution is 9.10. The Morgan fingerprint density at radius 1 is 1.00 bits per heavy atom. The highest BCUT2D eigenvalue weighted by atomic mass is 79.9. The average Bonchev–Trinajstić information content (AvgIpc) is 2.88. The molecule has 4 aromatic rings. The van der Waals surface area contributed by atoms with Crippen LogP contribution in [0.15, 0.2) is 76.0 Å². The summed E-state index contributed by atoms with van der Waals surface area (Å²) in [5.74, 6) is 0.365. The van der Waals surface area contributed by atoms with Crippen molar-refractivity contribution in [3.05, 3.63) is 104 Å². The lowest BCUT2D eigenvalue weighted by Crippen LogP contribution is -2.42. The molecule has 0 saturated carbocycles. The molecule has 0 aliphatic carbocycles. The van der Waals surface area contributed by atoms with Gasteiger partial charge in [-0.1, -0.05) is 64.8 Å². The first-order valence-corrected chi connectivity index (χ1v) is 13.3. The summed E-state index contributed by atoms with van der Waals surface area (Å²) in [5.41, 5.74) is 1.59. The van der Waals surface area contributed by atoms with Crippen molar-refractivity contribution in [1.29, 1.82) is 0 Å². The van der Waals surface area contributed by atoms with E-state index >= 15 is 0 Å². The maximum Gasteiger partial charge on any atom is 0.263 e. The van der Waals surface area contributed by atoms with Gasteiger partial charge in [0.05, 0.1) is 18.0 Å². The molecule has 4 rings (SSSR count). The van der Waals surface area contributed by atoms with E-state index in [4.69, 9.17) is 16.6 Å². The van der Waals surface area contributed by atoms with Crippen molar-refractivity contribution < 1.29 is 4.79 Å². The van der Waals surface area contributed by atoms with Gasteiger partial charge >= 0.3 is 0 Å². The second-order valence-corrected chi connectivity index (χ2v) is 10.4. The van der Waals surface area contributed by atoms with Crippen molar-refractivity contribution in [3.8, 4) is 0 Å². The number of pyridine rings is 1. The number of aromatic nitrogens is 3. The van der Waals surface area contributed by atoms with Crippen molar-refractivity contribution in [1.82, 2.24) is 24.3 Å². The number of carbonyl (C=O) groups is 1. The predicted octanol–water partition coefficient (Wildman–Crippen LogP) is 5.41. The number of hydrogen-bond acceptors (Lipinski definition) is 5. The third-order valence-electron chi connectivity index (χ3n) is 6.20. The third-order valence-corrected chi connectivity index (χ3v) is 6.94. The first kappa shape index (κ1) is 27.0. The molecule has 0 saturated heterocycles. The molecule has 2 aromatic heterocycles. The van der Waals surface area contributed by atoms with Gasteiger partial charge < -0.3 is 9.80 Å². The summed E-state index contributed by atoms with van der Waals surface area (Å²) in [4.78, 5) is 40.7. The van der Waals surface area contributed by atoms with Crippen molar-refractivity contribution >= 4 is 44.5 Å². The Hall–Kier alpha value is -3.07. The van der Waals surface area contributed by atoms with Gasteiger partial charge in [-0.25, -0.2) is 9.97 Å². The molecule has 7 nitrogen and oxygen atoms in total. The molecule has 0 radical (unpaired) electrons. The van der Waals surface area contributed by atoms with Crippen LogP contribution in [0.1, 0.15) is 41.1 Å². The van der Waals surface area contributed by atoms with Crippen LogP contribution in [0.3, 0.4) is 0 Å². The lowest BCUT2D eigenvalue weighted by molar-refractivity contribution is 0.0642. The van der Waals surface area contributed by atoms with Gasteiger partial charge in [0, 0.05) is 23.1 Å². The summed E-state index contributed by atoms with van der Waals surface area (Å²) in [5, 5.41) is 0.646. The molecule has 1 amide bonds. The number of halogens is 2. The Morgan fingerprint density at radius 3 is 2.35 bits per heavy atom. The number of fused-ring (bicyclic) bond motifs is 1. The fraction of sp³-hybridized carbons (Fsp3) is 0.286. The quantitative estimate of drug-likeness (QED) is 0.247. The number of likely N-dealkylation sites (N-methyl/N-ethyl adjacent to an activating group) is 1. The van der Waals surface area contributed by atoms with Gasteiger partial charge in [0.2, 0.25) is 0 Å². The Balaban J connectivity index is 1.89. The first-order chi connectivity index (χ1) is 17.8. The molecule has 1 unspecified atom stereocenters. The second kappa shape index (κ2) is 12.0. The Bertz CT molecular complexity index is 1440. The fourth-order valence-corrected chi connectivity index (χ4v) is 4.68. The van der Waals surface area contributed by atoms with E-state index in [9.17, 15) is 9.59 Å². The zero-order valence-electron chi connectivity index (χ0n) is 21.1. The SMILES string of the molecule is CCC(c1nc2nc(Cl)ccc2c(=O)n1Cc1ccccc1)N(CCN(C)C)C(=O)c1ccc(Br)cc1. The van der Waals surface area contributed by atoms with Gasteiger partial charge in [0.15, 0.2) is 5.65 Å². The standard InChI is InChI=1S/C28H29BrClN5O2/c1-4-23(34(17-16-33(2)3)27(36)20-10-12-21(29)13-11-20)26-32-25-22(14-15-24(30)31-25)28(37)35(26)18-19-8-6-5-7-9-19/h5-15,23H,4,16-18H2,1-3H3. The Kier molecular flexibility index (Phi) is 8.74. The number of hydrogen-bond donors (Lipinski definition) is 0. The van der Waals surface area contributed by atoms with Gasteiger partial charge in [-0.3, -0.25) is 14.2 Å². The molecular formula is C28H29BrClN5O2. The van der Waals surface area contributed by atoms with E-state index < -0.39 is 6.04 Å². The molecule has 0 aliphatic rings. The van der Waals surface area contributed by atoms with Crippen molar-refractivity contribution in [2.45, 2.75) is 25.9 Å². The summed E-state index contributed by atoms with van der Waals surface area (Å²) in [6.45, 7) is 3.43. The van der Waals surface area contributed by atoms with Crippen LogP contribution in [0, 0.1) is 0 Å². The average molecular weight is 583 g/mol. The summed E-state index contributed by atoms with van der Waals surface area (Å²) < 4.78 is 2.56. The molecule has 0 aliphatic heterocycles. The second-order valence-electron chi connectivity index (χ2n) is 9.08. The molecule has 0 spiro atoms. The first-order valence-electron chi connectivity index (χ1n) is 12.1. The zero-order valence-corrected chi connectivity index (χ0v) is 23.4. The monoisotopic (exact) mass is 581 g/mol. The molecule has 9 heteroatoms. The number of carbonyl (C=O) groups excluding carboxylic acids is 1. The number of nitrogens with zero attached hydrogens (tertiary/aromatic N) is 5. The molecule has 2 heterocycles. The maximum absolute atomic E-state index is 13.9. The summed E-state index contributed by atoms with van der Waals surface area (Å²) in [7, 11) is 3.93.